The van der Waals surface area contributed by atoms with Crippen molar-refractivity contribution < 1.29 is 32.3 Å². The Hall–Kier alpha value is -2.03. The molecule has 0 spiro atoms. The van der Waals surface area contributed by atoms with Gasteiger partial charge in [-0.2, -0.15) is 0 Å². The minimum absolute atomic E-state index is 0.00211. The fraction of sp³-hybridized carbons (Fsp3) is 0.500. The third kappa shape index (κ3) is 4.61. The van der Waals surface area contributed by atoms with Crippen LogP contribution in [0.25, 0.3) is 0 Å². The van der Waals surface area contributed by atoms with Crippen LogP contribution in [0.4, 0.5) is 0 Å². The van der Waals surface area contributed by atoms with Crippen LogP contribution in [-0.4, -0.2) is 37.8 Å². The molecule has 0 bridgehead atoms. The van der Waals surface area contributed by atoms with Crippen molar-refractivity contribution in [1.29, 1.82) is 0 Å². The topological polar surface area (TPSA) is 104 Å². The van der Waals surface area contributed by atoms with Crippen molar-refractivity contribution in [3.63, 3.8) is 0 Å². The van der Waals surface area contributed by atoms with Crippen molar-refractivity contribution >= 4 is 39.0 Å². The van der Waals surface area contributed by atoms with Crippen LogP contribution in [0.3, 0.4) is 0 Å². The highest BCUT2D eigenvalue weighted by Crippen LogP contribution is 2.44. The highest BCUT2D eigenvalue weighted by molar-refractivity contribution is 7.91. The van der Waals surface area contributed by atoms with E-state index in [0.717, 1.165) is 0 Å². The average molecular weight is 469 g/mol. The Morgan fingerprint density at radius 3 is 2.52 bits per heavy atom. The van der Waals surface area contributed by atoms with E-state index in [-0.39, 0.29) is 63.5 Å². The molecule has 1 atom stereocenters. The van der Waals surface area contributed by atoms with Gasteiger partial charge >= 0.3 is 5.97 Å². The second kappa shape index (κ2) is 8.84. The number of esters is 1. The predicted octanol–water partition coefficient (Wildman–Crippen LogP) is 4.04. The van der Waals surface area contributed by atoms with E-state index in [1.165, 1.54) is 13.0 Å². The molecular weight excluding hydrogens is 444 g/mol. The van der Waals surface area contributed by atoms with Crippen molar-refractivity contribution in [2.45, 2.75) is 70.5 Å². The van der Waals surface area contributed by atoms with Gasteiger partial charge in [-0.1, -0.05) is 11.6 Å². The number of fused-ring (bicyclic) bond motifs is 1. The summed E-state index contributed by atoms with van der Waals surface area (Å²) in [5.41, 5.74) is 0.408. The summed E-state index contributed by atoms with van der Waals surface area (Å²) in [7, 11) is -3.59. The van der Waals surface area contributed by atoms with E-state index < -0.39 is 33.5 Å². The van der Waals surface area contributed by atoms with Crippen molar-refractivity contribution in [2.24, 2.45) is 0 Å². The summed E-state index contributed by atoms with van der Waals surface area (Å²) in [6.07, 6.45) is 0.332. The first-order chi connectivity index (χ1) is 14.4. The van der Waals surface area contributed by atoms with Crippen molar-refractivity contribution in [1.82, 2.24) is 0 Å². The summed E-state index contributed by atoms with van der Waals surface area (Å²) in [6.45, 7) is 6.44. The zero-order chi connectivity index (χ0) is 23.1. The number of aryl methyl sites for hydroxylation is 1. The SMILES string of the molecule is CC(=O)OC1=C(C(=O)c2cc(C)c3c(c2Cl)C(OC(C)C)CCS3(=O)=O)C(=O)CCC1. The van der Waals surface area contributed by atoms with Gasteiger partial charge in [0.1, 0.15) is 11.3 Å². The van der Waals surface area contributed by atoms with Gasteiger partial charge in [0.05, 0.1) is 27.9 Å². The number of Topliss-reactive ketones (excluding diaryl/α,β-unsaturated/α-hetero) is 2. The predicted molar refractivity (Wildman–Crippen MR) is 114 cm³/mol. The number of hydrogen-bond donors (Lipinski definition) is 0. The number of sulfone groups is 1. The highest BCUT2D eigenvalue weighted by atomic mass is 35.5. The average Bonchev–Trinajstić information content (AvgIpc) is 2.64. The van der Waals surface area contributed by atoms with E-state index in [1.807, 2.05) is 13.8 Å². The molecule has 1 aliphatic carbocycles. The Balaban J connectivity index is 2.22. The van der Waals surface area contributed by atoms with Gasteiger partial charge in [-0.25, -0.2) is 8.42 Å². The number of benzene rings is 1. The monoisotopic (exact) mass is 468 g/mol. The van der Waals surface area contributed by atoms with E-state index in [9.17, 15) is 22.8 Å². The third-order valence-corrected chi connectivity index (χ3v) is 7.60. The molecule has 7 nitrogen and oxygen atoms in total. The highest BCUT2D eigenvalue weighted by Gasteiger charge is 2.38. The minimum atomic E-state index is -3.59. The molecule has 0 aromatic heterocycles. The van der Waals surface area contributed by atoms with Gasteiger partial charge < -0.3 is 9.47 Å². The largest absolute Gasteiger partial charge is 0.430 e. The molecule has 0 saturated carbocycles. The Morgan fingerprint density at radius 2 is 1.90 bits per heavy atom. The fourth-order valence-electron chi connectivity index (χ4n) is 4.12. The molecule has 9 heteroatoms. The zero-order valence-electron chi connectivity index (χ0n) is 17.9. The van der Waals surface area contributed by atoms with Gasteiger partial charge in [0, 0.05) is 30.9 Å². The number of rotatable bonds is 5. The van der Waals surface area contributed by atoms with Gasteiger partial charge in [-0.3, -0.25) is 14.4 Å². The molecule has 0 saturated heterocycles. The smallest absolute Gasteiger partial charge is 0.307 e. The van der Waals surface area contributed by atoms with E-state index in [1.54, 1.807) is 6.92 Å². The maximum absolute atomic E-state index is 13.4. The Bertz CT molecular complexity index is 1100. The molecule has 1 aliphatic heterocycles. The number of allylic oxidation sites excluding steroid dienone is 2. The molecule has 0 N–H and O–H groups in total. The Kier molecular flexibility index (Phi) is 6.74. The Labute approximate surface area is 186 Å². The van der Waals surface area contributed by atoms with Crippen LogP contribution in [0.2, 0.25) is 5.02 Å². The number of carbonyl (C=O) groups excluding carboxylic acids is 3. The fourth-order valence-corrected chi connectivity index (χ4v) is 6.38. The second-order valence-electron chi connectivity index (χ2n) is 8.08. The summed E-state index contributed by atoms with van der Waals surface area (Å²) in [4.78, 5) is 37.5. The molecule has 1 aromatic carbocycles. The van der Waals surface area contributed by atoms with Crippen LogP contribution in [0.5, 0.6) is 0 Å². The summed E-state index contributed by atoms with van der Waals surface area (Å²) < 4.78 is 36.6. The van der Waals surface area contributed by atoms with Gasteiger partial charge in [0.15, 0.2) is 15.6 Å². The van der Waals surface area contributed by atoms with Gasteiger partial charge in [0.25, 0.3) is 0 Å². The number of halogens is 1. The first-order valence-electron chi connectivity index (χ1n) is 10.1. The first-order valence-corrected chi connectivity index (χ1v) is 12.2. The van der Waals surface area contributed by atoms with Gasteiger partial charge in [-0.15, -0.1) is 0 Å². The first kappa shape index (κ1) is 23.6. The standard InChI is InChI=1S/C22H25ClO7S/c1-11(2)29-17-8-9-31(27,28)22-12(3)10-14(20(23)19(17)22)21(26)18-15(25)6-5-7-16(18)30-13(4)24/h10-11,17H,5-9H2,1-4H3. The summed E-state index contributed by atoms with van der Waals surface area (Å²) in [6, 6.07) is 1.39. The molecule has 168 valence electrons. The molecule has 2 aliphatic rings. The van der Waals surface area contributed by atoms with Crippen LogP contribution in [0.1, 0.15) is 74.0 Å². The van der Waals surface area contributed by atoms with E-state index in [4.69, 9.17) is 21.1 Å². The zero-order valence-corrected chi connectivity index (χ0v) is 19.5. The van der Waals surface area contributed by atoms with Crippen LogP contribution < -0.4 is 0 Å². The van der Waals surface area contributed by atoms with Crippen LogP contribution >= 0.6 is 11.6 Å². The lowest BCUT2D eigenvalue weighted by molar-refractivity contribution is -0.137. The molecule has 1 heterocycles. The summed E-state index contributed by atoms with van der Waals surface area (Å²) in [5, 5.41) is -0.0485. The maximum Gasteiger partial charge on any atom is 0.307 e. The minimum Gasteiger partial charge on any atom is -0.430 e. The lowest BCUT2D eigenvalue weighted by Gasteiger charge is -2.30. The maximum atomic E-state index is 13.4. The third-order valence-electron chi connectivity index (χ3n) is 5.26. The molecule has 1 unspecified atom stereocenters. The lowest BCUT2D eigenvalue weighted by Crippen LogP contribution is -2.27. The summed E-state index contributed by atoms with van der Waals surface area (Å²) >= 11 is 6.61. The normalized spacial score (nSPS) is 20.6. The number of ether oxygens (including phenoxy) is 2. The van der Waals surface area contributed by atoms with E-state index >= 15 is 0 Å². The molecule has 0 fully saturated rings. The number of carbonyl (C=O) groups is 3. The second-order valence-corrected chi connectivity index (χ2v) is 10.5. The number of hydrogen-bond acceptors (Lipinski definition) is 7. The van der Waals surface area contributed by atoms with Crippen LogP contribution in [-0.2, 0) is 28.9 Å². The van der Waals surface area contributed by atoms with Gasteiger partial charge in [0.2, 0.25) is 5.78 Å². The van der Waals surface area contributed by atoms with E-state index in [2.05, 4.69) is 0 Å². The van der Waals surface area contributed by atoms with Crippen LogP contribution in [0, 0.1) is 6.92 Å². The lowest BCUT2D eigenvalue weighted by atomic mass is 9.88. The Morgan fingerprint density at radius 1 is 1.23 bits per heavy atom. The molecular formula is C22H25ClO7S. The van der Waals surface area contributed by atoms with Crippen LogP contribution in [0.15, 0.2) is 22.3 Å². The molecule has 0 amide bonds. The van der Waals surface area contributed by atoms with E-state index in [0.29, 0.717) is 12.0 Å². The van der Waals surface area contributed by atoms with Crippen molar-refractivity contribution in [3.8, 4) is 0 Å². The summed E-state index contributed by atoms with van der Waals surface area (Å²) in [5.74, 6) is -1.78. The molecule has 3 rings (SSSR count). The molecule has 1 aromatic rings. The quantitative estimate of drug-likeness (QED) is 0.364. The van der Waals surface area contributed by atoms with Crippen molar-refractivity contribution in [3.05, 3.63) is 39.1 Å². The number of ketones is 2. The van der Waals surface area contributed by atoms with Crippen molar-refractivity contribution in [2.75, 3.05) is 5.75 Å². The molecule has 31 heavy (non-hydrogen) atoms. The van der Waals surface area contributed by atoms with Gasteiger partial charge in [-0.05, 0) is 45.2 Å². The molecule has 0 radical (unpaired) electrons.